The first kappa shape index (κ1) is 13.6. The van der Waals surface area contributed by atoms with Crippen LogP contribution >= 0.6 is 11.3 Å². The minimum Gasteiger partial charge on any atom is -0.488 e. The first-order valence-electron chi connectivity index (χ1n) is 5.83. The lowest BCUT2D eigenvalue weighted by Gasteiger charge is -2.09. The number of para-hydroxylation sites is 1. The van der Waals surface area contributed by atoms with Gasteiger partial charge in [-0.2, -0.15) is 0 Å². The van der Waals surface area contributed by atoms with Gasteiger partial charge in [0, 0.05) is 11.1 Å². The number of hydrogen-bond donors (Lipinski definition) is 2. The molecule has 0 saturated heterocycles. The molecule has 4 heteroatoms. The average Bonchev–Trinajstić information content (AvgIpc) is 2.90. The van der Waals surface area contributed by atoms with E-state index in [4.69, 9.17) is 9.84 Å². The van der Waals surface area contributed by atoms with Crippen LogP contribution in [0.1, 0.15) is 16.0 Å². The molecule has 0 radical (unpaired) electrons. The van der Waals surface area contributed by atoms with E-state index in [1.54, 1.807) is 11.3 Å². The van der Waals surface area contributed by atoms with E-state index in [2.05, 4.69) is 11.8 Å². The van der Waals surface area contributed by atoms with Crippen molar-refractivity contribution < 1.29 is 14.9 Å². The molecular weight excluding hydrogens is 260 g/mol. The largest absolute Gasteiger partial charge is 0.488 e. The third-order valence-electron chi connectivity index (χ3n) is 2.55. The zero-order valence-electron chi connectivity index (χ0n) is 10.3. The van der Waals surface area contributed by atoms with Crippen LogP contribution in [0.15, 0.2) is 35.7 Å². The monoisotopic (exact) mass is 274 g/mol. The summed E-state index contributed by atoms with van der Waals surface area (Å²) in [5, 5.41) is 19.9. The minimum absolute atomic E-state index is 0.0439. The molecule has 0 amide bonds. The normalized spacial score (nSPS) is 9.79. The van der Waals surface area contributed by atoms with Gasteiger partial charge in [0.15, 0.2) is 0 Å². The number of rotatable bonds is 4. The second kappa shape index (κ2) is 6.95. The van der Waals surface area contributed by atoms with Crippen LogP contribution < -0.4 is 4.74 Å². The first-order chi connectivity index (χ1) is 9.35. The van der Waals surface area contributed by atoms with Gasteiger partial charge in [-0.05, 0) is 17.5 Å². The maximum absolute atomic E-state index is 9.22. The lowest BCUT2D eigenvalue weighted by atomic mass is 10.2. The molecule has 0 fully saturated rings. The Morgan fingerprint density at radius 2 is 2.00 bits per heavy atom. The van der Waals surface area contributed by atoms with Gasteiger partial charge in [-0.15, -0.1) is 11.3 Å². The molecular formula is C15H14O3S. The summed E-state index contributed by atoms with van der Waals surface area (Å²) in [5.41, 5.74) is 1.64. The van der Waals surface area contributed by atoms with Crippen LogP contribution in [0.2, 0.25) is 0 Å². The van der Waals surface area contributed by atoms with Gasteiger partial charge >= 0.3 is 0 Å². The van der Waals surface area contributed by atoms with Gasteiger partial charge in [0.2, 0.25) is 0 Å². The first-order valence-corrected chi connectivity index (χ1v) is 6.70. The Balaban J connectivity index is 2.08. The molecule has 1 aromatic carbocycles. The summed E-state index contributed by atoms with van der Waals surface area (Å²) in [6.45, 7) is 0.214. The molecule has 0 saturated carbocycles. The molecule has 0 bridgehead atoms. The van der Waals surface area contributed by atoms with Crippen molar-refractivity contribution in [3.63, 3.8) is 0 Å². The molecule has 2 N–H and O–H groups in total. The van der Waals surface area contributed by atoms with E-state index < -0.39 is 0 Å². The highest BCUT2D eigenvalue weighted by Gasteiger charge is 2.05. The SMILES string of the molecule is OCC#Cc1ccsc1COc1ccccc1CO. The summed E-state index contributed by atoms with van der Waals surface area (Å²) in [6, 6.07) is 9.30. The Morgan fingerprint density at radius 3 is 2.79 bits per heavy atom. The highest BCUT2D eigenvalue weighted by atomic mass is 32.1. The van der Waals surface area contributed by atoms with E-state index in [-0.39, 0.29) is 13.2 Å². The van der Waals surface area contributed by atoms with Gasteiger partial charge in [-0.25, -0.2) is 0 Å². The van der Waals surface area contributed by atoms with Gasteiger partial charge in [0.05, 0.1) is 11.5 Å². The molecule has 0 aliphatic carbocycles. The van der Waals surface area contributed by atoms with Crippen molar-refractivity contribution in [3.05, 3.63) is 51.7 Å². The number of hydrogen-bond acceptors (Lipinski definition) is 4. The Labute approximate surface area is 116 Å². The molecule has 98 valence electrons. The molecule has 0 spiro atoms. The van der Waals surface area contributed by atoms with Crippen molar-refractivity contribution >= 4 is 11.3 Å². The molecule has 2 aromatic rings. The smallest absolute Gasteiger partial charge is 0.125 e. The summed E-state index contributed by atoms with van der Waals surface area (Å²) in [7, 11) is 0. The third-order valence-corrected chi connectivity index (χ3v) is 3.44. The third kappa shape index (κ3) is 3.58. The second-order valence-electron chi connectivity index (χ2n) is 3.77. The Kier molecular flexibility index (Phi) is 4.99. The fraction of sp³-hybridized carbons (Fsp3) is 0.200. The van der Waals surface area contributed by atoms with Gasteiger partial charge in [-0.3, -0.25) is 0 Å². The van der Waals surface area contributed by atoms with Crippen molar-refractivity contribution in [2.75, 3.05) is 6.61 Å². The van der Waals surface area contributed by atoms with Crippen molar-refractivity contribution in [1.82, 2.24) is 0 Å². The van der Waals surface area contributed by atoms with E-state index in [9.17, 15) is 5.11 Å². The topological polar surface area (TPSA) is 49.7 Å². The van der Waals surface area contributed by atoms with E-state index >= 15 is 0 Å². The second-order valence-corrected chi connectivity index (χ2v) is 4.77. The molecule has 2 rings (SSSR count). The van der Waals surface area contributed by atoms with E-state index in [1.807, 2.05) is 35.7 Å². The quantitative estimate of drug-likeness (QED) is 0.840. The van der Waals surface area contributed by atoms with Crippen LogP contribution in [-0.4, -0.2) is 16.8 Å². The number of thiophene rings is 1. The highest BCUT2D eigenvalue weighted by molar-refractivity contribution is 7.10. The van der Waals surface area contributed by atoms with Gasteiger partial charge in [0.1, 0.15) is 19.0 Å². The van der Waals surface area contributed by atoms with E-state index in [0.717, 1.165) is 16.0 Å². The maximum Gasteiger partial charge on any atom is 0.125 e. The number of aliphatic hydroxyl groups is 2. The molecule has 0 aliphatic rings. The zero-order valence-corrected chi connectivity index (χ0v) is 11.1. The van der Waals surface area contributed by atoms with Crippen LogP contribution in [-0.2, 0) is 13.2 Å². The molecule has 0 unspecified atom stereocenters. The number of benzene rings is 1. The van der Waals surface area contributed by atoms with Gasteiger partial charge in [-0.1, -0.05) is 30.0 Å². The fourth-order valence-electron chi connectivity index (χ4n) is 1.62. The Bertz CT molecular complexity index is 593. The molecule has 0 aliphatic heterocycles. The number of ether oxygens (including phenoxy) is 1. The minimum atomic E-state index is -0.149. The van der Waals surface area contributed by atoms with Crippen molar-refractivity contribution in [2.45, 2.75) is 13.2 Å². The van der Waals surface area contributed by atoms with Crippen molar-refractivity contribution in [2.24, 2.45) is 0 Å². The Hall–Kier alpha value is -1.80. The van der Waals surface area contributed by atoms with Crippen LogP contribution in [0.5, 0.6) is 5.75 Å². The molecule has 1 aromatic heterocycles. The predicted molar refractivity (Wildman–Crippen MR) is 75.0 cm³/mol. The van der Waals surface area contributed by atoms with Crippen LogP contribution in [0.4, 0.5) is 0 Å². The molecule has 19 heavy (non-hydrogen) atoms. The Morgan fingerprint density at radius 1 is 1.16 bits per heavy atom. The summed E-state index contributed by atoms with van der Waals surface area (Å²) in [6.07, 6.45) is 0. The summed E-state index contributed by atoms with van der Waals surface area (Å²) in [4.78, 5) is 1.01. The fourth-order valence-corrected chi connectivity index (χ4v) is 2.36. The number of aliphatic hydroxyl groups excluding tert-OH is 2. The predicted octanol–water partition coefficient (Wildman–Crippen LogP) is 2.16. The molecule has 1 heterocycles. The van der Waals surface area contributed by atoms with Gasteiger partial charge < -0.3 is 14.9 Å². The lowest BCUT2D eigenvalue weighted by Crippen LogP contribution is -1.98. The molecule has 3 nitrogen and oxygen atoms in total. The summed E-state index contributed by atoms with van der Waals surface area (Å²) in [5.74, 6) is 6.20. The standard InChI is InChI=1S/C15H14O3S/c16-8-3-5-12-7-9-19-15(12)11-18-14-6-2-1-4-13(14)10-17/h1-2,4,6-7,9,16-17H,8,10-11H2. The average molecular weight is 274 g/mol. The van der Waals surface area contributed by atoms with Crippen LogP contribution in [0, 0.1) is 11.8 Å². The van der Waals surface area contributed by atoms with Gasteiger partial charge in [0.25, 0.3) is 0 Å². The van der Waals surface area contributed by atoms with Crippen LogP contribution in [0.3, 0.4) is 0 Å². The highest BCUT2D eigenvalue weighted by Crippen LogP contribution is 2.22. The summed E-state index contributed by atoms with van der Waals surface area (Å²) < 4.78 is 5.71. The van der Waals surface area contributed by atoms with E-state index in [1.165, 1.54) is 0 Å². The maximum atomic E-state index is 9.22. The van der Waals surface area contributed by atoms with Crippen molar-refractivity contribution in [3.8, 4) is 17.6 Å². The molecule has 0 atom stereocenters. The van der Waals surface area contributed by atoms with Crippen LogP contribution in [0.25, 0.3) is 0 Å². The zero-order chi connectivity index (χ0) is 13.5. The van der Waals surface area contributed by atoms with E-state index in [0.29, 0.717) is 12.4 Å². The van der Waals surface area contributed by atoms with Crippen molar-refractivity contribution in [1.29, 1.82) is 0 Å². The summed E-state index contributed by atoms with van der Waals surface area (Å²) >= 11 is 1.56. The lowest BCUT2D eigenvalue weighted by molar-refractivity contribution is 0.260.